The van der Waals surface area contributed by atoms with Gasteiger partial charge >= 0.3 is 0 Å². The Morgan fingerprint density at radius 3 is 1.85 bits per heavy atom. The Hall–Kier alpha value is -6.23. The molecule has 1 unspecified atom stereocenters. The molecule has 0 aliphatic heterocycles. The SMILES string of the molecule is CC1C=Cc2sc3c(-c4nc(-c5cccc(-c6ccc7ccccc7c6)c5)nc(-c5ccccc5-c5ccc6ccccc6c5)n4)cccc3c2C1. The summed E-state index contributed by atoms with van der Waals surface area (Å²) in [6.07, 6.45) is 5.66. The molecule has 0 N–H and O–H groups in total. The van der Waals surface area contributed by atoms with Gasteiger partial charge in [0.05, 0.1) is 0 Å². The van der Waals surface area contributed by atoms with Crippen LogP contribution in [0.1, 0.15) is 17.4 Å². The van der Waals surface area contributed by atoms with E-state index in [0.717, 1.165) is 45.4 Å². The van der Waals surface area contributed by atoms with Crippen molar-refractivity contribution in [3.63, 3.8) is 0 Å². The summed E-state index contributed by atoms with van der Waals surface area (Å²) in [4.78, 5) is 17.2. The lowest BCUT2D eigenvalue weighted by Crippen LogP contribution is -2.02. The summed E-state index contributed by atoms with van der Waals surface area (Å²) >= 11 is 1.84. The van der Waals surface area contributed by atoms with Crippen molar-refractivity contribution in [3.05, 3.63) is 168 Å². The van der Waals surface area contributed by atoms with Crippen molar-refractivity contribution in [1.29, 1.82) is 0 Å². The van der Waals surface area contributed by atoms with Gasteiger partial charge in [-0.05, 0) is 97.4 Å². The van der Waals surface area contributed by atoms with E-state index in [1.54, 1.807) is 0 Å². The van der Waals surface area contributed by atoms with E-state index in [0.29, 0.717) is 23.4 Å². The first-order valence-electron chi connectivity index (χ1n) is 17.8. The fraction of sp³-hybridized carbons (Fsp3) is 0.0625. The third kappa shape index (κ3) is 5.40. The van der Waals surface area contributed by atoms with Crippen molar-refractivity contribution in [2.75, 3.05) is 0 Å². The normalized spacial score (nSPS) is 13.9. The highest BCUT2D eigenvalue weighted by molar-refractivity contribution is 7.20. The Labute approximate surface area is 306 Å². The van der Waals surface area contributed by atoms with E-state index in [1.165, 1.54) is 42.1 Å². The minimum absolute atomic E-state index is 0.519. The molecule has 4 heteroatoms. The lowest BCUT2D eigenvalue weighted by Gasteiger charge is -2.13. The zero-order chi connectivity index (χ0) is 34.6. The van der Waals surface area contributed by atoms with Crippen molar-refractivity contribution in [1.82, 2.24) is 15.0 Å². The van der Waals surface area contributed by atoms with Crippen LogP contribution in [0.15, 0.2) is 158 Å². The quantitative estimate of drug-likeness (QED) is 0.181. The van der Waals surface area contributed by atoms with Crippen LogP contribution < -0.4 is 0 Å². The summed E-state index contributed by atoms with van der Waals surface area (Å²) in [6, 6.07) is 53.9. The summed E-state index contributed by atoms with van der Waals surface area (Å²) in [6.45, 7) is 2.29. The van der Waals surface area contributed by atoms with Crippen LogP contribution in [0.2, 0.25) is 0 Å². The summed E-state index contributed by atoms with van der Waals surface area (Å²) in [5, 5.41) is 6.17. The maximum Gasteiger partial charge on any atom is 0.165 e. The minimum atomic E-state index is 0.519. The van der Waals surface area contributed by atoms with Crippen molar-refractivity contribution in [2.24, 2.45) is 5.92 Å². The second-order valence-electron chi connectivity index (χ2n) is 13.7. The van der Waals surface area contributed by atoms with E-state index >= 15 is 0 Å². The lowest BCUT2D eigenvalue weighted by atomic mass is 9.93. The third-order valence-electron chi connectivity index (χ3n) is 10.3. The highest BCUT2D eigenvalue weighted by atomic mass is 32.1. The molecule has 1 aliphatic rings. The molecule has 2 aromatic heterocycles. The number of rotatable bonds is 5. The van der Waals surface area contributed by atoms with Gasteiger partial charge in [-0.3, -0.25) is 0 Å². The number of allylic oxidation sites excluding steroid dienone is 1. The van der Waals surface area contributed by atoms with Crippen LogP contribution in [-0.4, -0.2) is 15.0 Å². The summed E-state index contributed by atoms with van der Waals surface area (Å²) < 4.78 is 1.22. The van der Waals surface area contributed by atoms with Gasteiger partial charge in [-0.25, -0.2) is 15.0 Å². The molecule has 0 bridgehead atoms. The molecule has 52 heavy (non-hydrogen) atoms. The Kier molecular flexibility index (Phi) is 7.36. The Bertz CT molecular complexity index is 2860. The smallest absolute Gasteiger partial charge is 0.165 e. The molecular formula is C48H33N3S. The molecule has 0 radical (unpaired) electrons. The predicted octanol–water partition coefficient (Wildman–Crippen LogP) is 12.9. The highest BCUT2D eigenvalue weighted by Gasteiger charge is 2.22. The minimum Gasteiger partial charge on any atom is -0.208 e. The zero-order valence-corrected chi connectivity index (χ0v) is 29.4. The van der Waals surface area contributed by atoms with Crippen LogP contribution in [0.4, 0.5) is 0 Å². The van der Waals surface area contributed by atoms with Gasteiger partial charge < -0.3 is 0 Å². The Balaban J connectivity index is 1.17. The maximum absolute atomic E-state index is 5.30. The molecule has 2 heterocycles. The fourth-order valence-corrected chi connectivity index (χ4v) is 8.84. The summed E-state index contributed by atoms with van der Waals surface area (Å²) in [5.41, 5.74) is 8.89. The molecule has 0 fully saturated rings. The molecule has 10 rings (SSSR count). The van der Waals surface area contributed by atoms with Crippen molar-refractivity contribution in [3.8, 4) is 56.4 Å². The summed E-state index contributed by atoms with van der Waals surface area (Å²) in [7, 11) is 0. The Morgan fingerprint density at radius 2 is 1.06 bits per heavy atom. The molecule has 0 amide bonds. The summed E-state index contributed by atoms with van der Waals surface area (Å²) in [5.74, 6) is 2.52. The van der Waals surface area contributed by atoms with Gasteiger partial charge in [-0.1, -0.05) is 140 Å². The molecule has 3 nitrogen and oxygen atoms in total. The first-order chi connectivity index (χ1) is 25.6. The van der Waals surface area contributed by atoms with E-state index in [4.69, 9.17) is 15.0 Å². The maximum atomic E-state index is 5.30. The molecule has 246 valence electrons. The molecule has 0 saturated heterocycles. The van der Waals surface area contributed by atoms with E-state index in [-0.39, 0.29) is 0 Å². The van der Waals surface area contributed by atoms with Gasteiger partial charge in [0.25, 0.3) is 0 Å². The van der Waals surface area contributed by atoms with E-state index in [1.807, 2.05) is 11.3 Å². The van der Waals surface area contributed by atoms with Crippen LogP contribution in [-0.2, 0) is 6.42 Å². The van der Waals surface area contributed by atoms with Crippen LogP contribution in [0.3, 0.4) is 0 Å². The van der Waals surface area contributed by atoms with E-state index in [9.17, 15) is 0 Å². The average molecular weight is 684 g/mol. The predicted molar refractivity (Wildman–Crippen MR) is 219 cm³/mol. The first-order valence-corrected chi connectivity index (χ1v) is 18.6. The zero-order valence-electron chi connectivity index (χ0n) is 28.6. The monoisotopic (exact) mass is 683 g/mol. The largest absolute Gasteiger partial charge is 0.208 e. The van der Waals surface area contributed by atoms with Crippen LogP contribution in [0.5, 0.6) is 0 Å². The van der Waals surface area contributed by atoms with Gasteiger partial charge in [0, 0.05) is 26.3 Å². The average Bonchev–Trinajstić information content (AvgIpc) is 3.58. The highest BCUT2D eigenvalue weighted by Crippen LogP contribution is 2.42. The van der Waals surface area contributed by atoms with Crippen molar-refractivity contribution < 1.29 is 0 Å². The van der Waals surface area contributed by atoms with Crippen LogP contribution in [0.25, 0.3) is 94.1 Å². The van der Waals surface area contributed by atoms with E-state index < -0.39 is 0 Å². The van der Waals surface area contributed by atoms with Gasteiger partial charge in [0.15, 0.2) is 17.5 Å². The molecule has 1 atom stereocenters. The standard InChI is InChI=1S/C48H33N3S/c1-30-20-25-44-43(26-30)40-18-9-19-42(45(40)52-44)48-50-46(38-15-8-14-35(29-38)36-23-21-31-10-2-4-12-33(31)27-36)49-47(51-48)41-17-7-6-16-39(41)37-24-22-32-11-3-5-13-34(32)28-37/h2-25,27-30H,26H2,1H3. The molecular weight excluding hydrogens is 651 g/mol. The second kappa shape index (κ2) is 12.5. The van der Waals surface area contributed by atoms with Gasteiger partial charge in [-0.2, -0.15) is 0 Å². The lowest BCUT2D eigenvalue weighted by molar-refractivity contribution is 0.724. The van der Waals surface area contributed by atoms with Crippen molar-refractivity contribution in [2.45, 2.75) is 13.3 Å². The first kappa shape index (κ1) is 30.6. The van der Waals surface area contributed by atoms with Crippen molar-refractivity contribution >= 4 is 49.0 Å². The van der Waals surface area contributed by atoms with Crippen LogP contribution >= 0.6 is 11.3 Å². The van der Waals surface area contributed by atoms with Crippen LogP contribution in [0, 0.1) is 5.92 Å². The molecule has 9 aromatic rings. The second-order valence-corrected chi connectivity index (χ2v) is 14.8. The third-order valence-corrected chi connectivity index (χ3v) is 11.5. The van der Waals surface area contributed by atoms with E-state index in [2.05, 4.69) is 171 Å². The number of benzene rings is 7. The van der Waals surface area contributed by atoms with Gasteiger partial charge in [0.2, 0.25) is 0 Å². The molecule has 1 aliphatic carbocycles. The molecule has 0 spiro atoms. The molecule has 0 saturated carbocycles. The number of hydrogen-bond acceptors (Lipinski definition) is 4. The Morgan fingerprint density at radius 1 is 0.481 bits per heavy atom. The number of aromatic nitrogens is 3. The number of fused-ring (bicyclic) bond motifs is 5. The van der Waals surface area contributed by atoms with Gasteiger partial charge in [0.1, 0.15) is 0 Å². The number of hydrogen-bond donors (Lipinski definition) is 0. The fourth-order valence-electron chi connectivity index (χ4n) is 7.59. The molecule has 7 aromatic carbocycles. The van der Waals surface area contributed by atoms with Gasteiger partial charge in [-0.15, -0.1) is 11.3 Å². The number of thiophene rings is 1. The topological polar surface area (TPSA) is 38.7 Å². The number of nitrogens with zero attached hydrogens (tertiary/aromatic N) is 3.